The Hall–Kier alpha value is -1.45. The minimum Gasteiger partial charge on any atom is -0.506 e. The number of halogens is 3. The lowest BCUT2D eigenvalue weighted by molar-refractivity contribution is 0.298. The summed E-state index contributed by atoms with van der Waals surface area (Å²) < 4.78 is 19.1. The number of hydrogen-bond donors (Lipinski definition) is 1. The summed E-state index contributed by atoms with van der Waals surface area (Å²) in [7, 11) is 0. The zero-order valence-corrected chi connectivity index (χ0v) is 13.0. The molecule has 0 fully saturated rings. The van der Waals surface area contributed by atoms with Gasteiger partial charge in [-0.2, -0.15) is 0 Å². The van der Waals surface area contributed by atoms with Crippen LogP contribution >= 0.6 is 23.2 Å². The maximum Gasteiger partial charge on any atom is 0.142 e. The first-order chi connectivity index (χ1) is 10.0. The van der Waals surface area contributed by atoms with Gasteiger partial charge in [-0.3, -0.25) is 0 Å². The van der Waals surface area contributed by atoms with Crippen LogP contribution in [0.4, 0.5) is 4.39 Å². The van der Waals surface area contributed by atoms with Crippen LogP contribution in [0.15, 0.2) is 30.3 Å². The van der Waals surface area contributed by atoms with Crippen molar-refractivity contribution in [3.05, 3.63) is 57.3 Å². The van der Waals surface area contributed by atoms with Gasteiger partial charge in [0.25, 0.3) is 0 Å². The number of aryl methyl sites for hydroxylation is 1. The van der Waals surface area contributed by atoms with E-state index in [0.717, 1.165) is 18.4 Å². The van der Waals surface area contributed by atoms with E-state index in [9.17, 15) is 9.50 Å². The molecular weight excluding hydrogens is 314 g/mol. The molecule has 0 aliphatic rings. The van der Waals surface area contributed by atoms with Gasteiger partial charge in [0.1, 0.15) is 28.9 Å². The van der Waals surface area contributed by atoms with Crippen LogP contribution in [0.25, 0.3) is 0 Å². The predicted molar refractivity (Wildman–Crippen MR) is 82.9 cm³/mol. The van der Waals surface area contributed by atoms with Crippen molar-refractivity contribution in [1.29, 1.82) is 0 Å². The highest BCUT2D eigenvalue weighted by atomic mass is 35.5. The van der Waals surface area contributed by atoms with Crippen molar-refractivity contribution in [3.8, 4) is 11.5 Å². The molecule has 2 rings (SSSR count). The van der Waals surface area contributed by atoms with Crippen LogP contribution in [0.1, 0.15) is 24.5 Å². The Labute approximate surface area is 133 Å². The van der Waals surface area contributed by atoms with Crippen molar-refractivity contribution >= 4 is 23.2 Å². The average molecular weight is 329 g/mol. The van der Waals surface area contributed by atoms with Crippen molar-refractivity contribution in [2.75, 3.05) is 0 Å². The van der Waals surface area contributed by atoms with Crippen LogP contribution in [0.2, 0.25) is 10.0 Å². The second-order valence-electron chi connectivity index (χ2n) is 4.62. The van der Waals surface area contributed by atoms with Gasteiger partial charge in [0.15, 0.2) is 0 Å². The molecule has 0 spiro atoms. The summed E-state index contributed by atoms with van der Waals surface area (Å²) in [6.45, 7) is 1.95. The lowest BCUT2D eigenvalue weighted by Crippen LogP contribution is -2.00. The first-order valence-corrected chi connectivity index (χ1v) is 7.36. The third-order valence-corrected chi connectivity index (χ3v) is 3.84. The van der Waals surface area contributed by atoms with Gasteiger partial charge in [-0.1, -0.05) is 48.7 Å². The Balaban J connectivity index is 2.19. The highest BCUT2D eigenvalue weighted by molar-refractivity contribution is 6.33. The van der Waals surface area contributed by atoms with E-state index in [-0.39, 0.29) is 28.0 Å². The van der Waals surface area contributed by atoms with Crippen molar-refractivity contribution in [2.24, 2.45) is 0 Å². The van der Waals surface area contributed by atoms with Crippen LogP contribution in [-0.2, 0) is 13.0 Å². The Morgan fingerprint density at radius 2 is 1.95 bits per heavy atom. The molecule has 0 aromatic heterocycles. The summed E-state index contributed by atoms with van der Waals surface area (Å²) in [4.78, 5) is 0. The number of benzene rings is 2. The molecule has 2 aromatic carbocycles. The molecule has 0 unspecified atom stereocenters. The first kappa shape index (κ1) is 15.9. The molecule has 2 aromatic rings. The van der Waals surface area contributed by atoms with Crippen LogP contribution < -0.4 is 4.74 Å². The van der Waals surface area contributed by atoms with Gasteiger partial charge < -0.3 is 9.84 Å². The molecule has 0 amide bonds. The van der Waals surface area contributed by atoms with Gasteiger partial charge in [-0.15, -0.1) is 0 Å². The molecule has 0 saturated carbocycles. The number of ether oxygens (including phenoxy) is 1. The monoisotopic (exact) mass is 328 g/mol. The molecule has 112 valence electrons. The molecule has 0 radical (unpaired) electrons. The van der Waals surface area contributed by atoms with Gasteiger partial charge in [0.2, 0.25) is 0 Å². The van der Waals surface area contributed by atoms with E-state index < -0.39 is 5.82 Å². The quantitative estimate of drug-likeness (QED) is 0.799. The zero-order valence-electron chi connectivity index (χ0n) is 11.5. The summed E-state index contributed by atoms with van der Waals surface area (Å²) in [5, 5.41) is 10.4. The molecule has 2 nitrogen and oxygen atoms in total. The highest BCUT2D eigenvalue weighted by Gasteiger charge is 2.13. The topological polar surface area (TPSA) is 29.5 Å². The van der Waals surface area contributed by atoms with Crippen molar-refractivity contribution in [1.82, 2.24) is 0 Å². The minimum atomic E-state index is -0.439. The van der Waals surface area contributed by atoms with E-state index in [1.165, 1.54) is 12.1 Å². The fourth-order valence-electron chi connectivity index (χ4n) is 1.99. The number of phenols is 1. The third kappa shape index (κ3) is 3.60. The van der Waals surface area contributed by atoms with Crippen molar-refractivity contribution < 1.29 is 14.2 Å². The van der Waals surface area contributed by atoms with E-state index in [4.69, 9.17) is 27.9 Å². The molecule has 0 aliphatic heterocycles. The molecule has 5 heteroatoms. The molecule has 1 N–H and O–H groups in total. The molecule has 21 heavy (non-hydrogen) atoms. The van der Waals surface area contributed by atoms with E-state index >= 15 is 0 Å². The predicted octanol–water partition coefficient (Wildman–Crippen LogP) is 5.37. The number of hydrogen-bond acceptors (Lipinski definition) is 2. The summed E-state index contributed by atoms with van der Waals surface area (Å²) in [6.07, 6.45) is 1.62. The minimum absolute atomic E-state index is 0.00986. The largest absolute Gasteiger partial charge is 0.506 e. The Morgan fingerprint density at radius 3 is 2.62 bits per heavy atom. The molecule has 0 aliphatic carbocycles. The maximum absolute atomic E-state index is 13.7. The van der Waals surface area contributed by atoms with Crippen LogP contribution in [-0.4, -0.2) is 5.11 Å². The normalized spacial score (nSPS) is 10.7. The summed E-state index contributed by atoms with van der Waals surface area (Å²) >= 11 is 12.0. The summed E-state index contributed by atoms with van der Waals surface area (Å²) in [5.74, 6) is -0.130. The van der Waals surface area contributed by atoms with E-state index in [1.54, 1.807) is 18.2 Å². The van der Waals surface area contributed by atoms with Gasteiger partial charge in [0.05, 0.1) is 5.02 Å². The van der Waals surface area contributed by atoms with Crippen LogP contribution in [0, 0.1) is 5.82 Å². The number of aromatic hydroxyl groups is 1. The summed E-state index contributed by atoms with van der Waals surface area (Å²) in [5.41, 5.74) is 1.02. The van der Waals surface area contributed by atoms with Gasteiger partial charge in [0, 0.05) is 5.56 Å². The van der Waals surface area contributed by atoms with Gasteiger partial charge in [-0.05, 0) is 30.2 Å². The lowest BCUT2D eigenvalue weighted by atomic mass is 10.1. The zero-order chi connectivity index (χ0) is 15.4. The lowest BCUT2D eigenvalue weighted by Gasteiger charge is -2.12. The second-order valence-corrected chi connectivity index (χ2v) is 5.41. The van der Waals surface area contributed by atoms with Gasteiger partial charge in [-0.25, -0.2) is 4.39 Å². The summed E-state index contributed by atoms with van der Waals surface area (Å²) in [6, 6.07) is 7.85. The molecular formula is C16H15Cl2FO2. The fraction of sp³-hybridized carbons (Fsp3) is 0.250. The Kier molecular flexibility index (Phi) is 5.32. The first-order valence-electron chi connectivity index (χ1n) is 6.60. The Bertz CT molecular complexity index is 624. The highest BCUT2D eigenvalue weighted by Crippen LogP contribution is 2.37. The van der Waals surface area contributed by atoms with Gasteiger partial charge >= 0.3 is 0 Å². The van der Waals surface area contributed by atoms with E-state index in [2.05, 4.69) is 0 Å². The maximum atomic E-state index is 13.7. The number of rotatable bonds is 5. The molecule has 0 bridgehead atoms. The van der Waals surface area contributed by atoms with Crippen LogP contribution in [0.5, 0.6) is 11.5 Å². The Morgan fingerprint density at radius 1 is 1.19 bits per heavy atom. The molecule has 0 atom stereocenters. The van der Waals surface area contributed by atoms with Crippen molar-refractivity contribution in [2.45, 2.75) is 26.4 Å². The third-order valence-electron chi connectivity index (χ3n) is 3.12. The van der Waals surface area contributed by atoms with E-state index in [1.807, 2.05) is 6.92 Å². The molecule has 0 saturated heterocycles. The standard InChI is InChI=1S/C16H15Cl2FO2/c1-2-4-10-7-8-14(15(18)16(10)20)21-9-11-12(17)5-3-6-13(11)19/h3,5-8,20H,2,4,9H2,1H3. The smallest absolute Gasteiger partial charge is 0.142 e. The second kappa shape index (κ2) is 7.01. The molecule has 0 heterocycles. The number of phenolic OH excluding ortho intramolecular Hbond substituents is 1. The van der Waals surface area contributed by atoms with Crippen LogP contribution in [0.3, 0.4) is 0 Å². The van der Waals surface area contributed by atoms with E-state index in [0.29, 0.717) is 5.75 Å². The van der Waals surface area contributed by atoms with Crippen molar-refractivity contribution in [3.63, 3.8) is 0 Å². The fourth-order valence-corrected chi connectivity index (χ4v) is 2.45. The SMILES string of the molecule is CCCc1ccc(OCc2c(F)cccc2Cl)c(Cl)c1O. The average Bonchev–Trinajstić information content (AvgIpc) is 2.45.